The average Bonchev–Trinajstić information content (AvgIpc) is 3.29. The summed E-state index contributed by atoms with van der Waals surface area (Å²) in [6, 6.07) is 4.01. The smallest absolute Gasteiger partial charge is 0.243 e. The first-order chi connectivity index (χ1) is 16.4. The van der Waals surface area contributed by atoms with E-state index in [2.05, 4.69) is 42.0 Å². The van der Waals surface area contributed by atoms with E-state index < -0.39 is 16.6 Å². The SMILES string of the molecule is C[C@H]1CCN2C[C@]34C[C@@]5(C(=O)Nc6c5ccc5c6OC=CC(C)(C)O5)C(C)(C)C3C[C@]12C(=O)N4C. The van der Waals surface area contributed by atoms with Gasteiger partial charge in [0.1, 0.15) is 11.1 Å². The van der Waals surface area contributed by atoms with Crippen LogP contribution in [0.5, 0.6) is 11.5 Å². The number of nitrogens with zero attached hydrogens (tertiary/aromatic N) is 2. The van der Waals surface area contributed by atoms with Gasteiger partial charge in [0.25, 0.3) is 0 Å². The molecule has 5 atom stereocenters. The van der Waals surface area contributed by atoms with Crippen LogP contribution in [0, 0.1) is 17.3 Å². The topological polar surface area (TPSA) is 71.1 Å². The summed E-state index contributed by atoms with van der Waals surface area (Å²) in [5.74, 6) is 2.01. The zero-order chi connectivity index (χ0) is 24.8. The Labute approximate surface area is 206 Å². The molecule has 1 N–H and O–H groups in total. The fourth-order valence-electron chi connectivity index (χ4n) is 9.05. The Balaban J connectivity index is 1.41. The Hall–Kier alpha value is -2.54. The number of carbonyl (C=O) groups excluding carboxylic acids is 2. The van der Waals surface area contributed by atoms with E-state index in [0.717, 1.165) is 31.5 Å². The zero-order valence-corrected chi connectivity index (χ0v) is 21.5. The third-order valence-corrected chi connectivity index (χ3v) is 11.0. The van der Waals surface area contributed by atoms with Crippen LogP contribution in [0.3, 0.4) is 0 Å². The fraction of sp³-hybridized carbons (Fsp3) is 0.643. The number of fused-ring (bicyclic) bond motifs is 5. The van der Waals surface area contributed by atoms with E-state index in [0.29, 0.717) is 29.5 Å². The van der Waals surface area contributed by atoms with Gasteiger partial charge in [0.15, 0.2) is 11.5 Å². The quantitative estimate of drug-likeness (QED) is 0.617. The van der Waals surface area contributed by atoms with Gasteiger partial charge in [-0.05, 0) is 74.6 Å². The predicted octanol–water partition coefficient (Wildman–Crippen LogP) is 3.68. The van der Waals surface area contributed by atoms with Gasteiger partial charge in [-0.25, -0.2) is 0 Å². The maximum atomic E-state index is 14.1. The number of likely N-dealkylation sites (N-methyl/N-ethyl adjacent to an activating group) is 1. The molecule has 0 radical (unpaired) electrons. The number of amides is 2. The number of piperidine rings is 2. The van der Waals surface area contributed by atoms with Crippen molar-refractivity contribution in [2.45, 2.75) is 76.0 Å². The highest BCUT2D eigenvalue weighted by atomic mass is 16.5. The summed E-state index contributed by atoms with van der Waals surface area (Å²) in [5, 5.41) is 3.22. The zero-order valence-electron chi connectivity index (χ0n) is 21.5. The van der Waals surface area contributed by atoms with Gasteiger partial charge < -0.3 is 19.7 Å². The second-order valence-electron chi connectivity index (χ2n) is 13.0. The van der Waals surface area contributed by atoms with E-state index in [1.165, 1.54) is 0 Å². The van der Waals surface area contributed by atoms with Gasteiger partial charge in [-0.3, -0.25) is 14.5 Å². The van der Waals surface area contributed by atoms with Gasteiger partial charge >= 0.3 is 0 Å². The molecule has 8 rings (SSSR count). The van der Waals surface area contributed by atoms with Crippen LogP contribution in [0.15, 0.2) is 24.5 Å². The van der Waals surface area contributed by atoms with E-state index in [9.17, 15) is 9.59 Å². The molecule has 5 fully saturated rings. The molecule has 1 aliphatic carbocycles. The number of piperazine rings is 1. The number of ether oxygens (including phenoxy) is 2. The molecule has 186 valence electrons. The molecular weight excluding hydrogens is 442 g/mol. The predicted molar refractivity (Wildman–Crippen MR) is 131 cm³/mol. The highest BCUT2D eigenvalue weighted by molar-refractivity contribution is 6.09. The molecule has 7 nitrogen and oxygen atoms in total. The molecule has 1 saturated carbocycles. The lowest BCUT2D eigenvalue weighted by atomic mass is 9.56. The van der Waals surface area contributed by atoms with Crippen LogP contribution in [-0.4, -0.2) is 58.4 Å². The number of carbonyl (C=O) groups is 2. The number of rotatable bonds is 0. The van der Waals surface area contributed by atoms with Crippen LogP contribution in [-0.2, 0) is 15.0 Å². The lowest BCUT2D eigenvalue weighted by Crippen LogP contribution is -2.79. The number of hydrogen-bond acceptors (Lipinski definition) is 5. The molecule has 7 aliphatic rings. The van der Waals surface area contributed by atoms with Crippen molar-refractivity contribution in [2.75, 3.05) is 25.5 Å². The highest BCUT2D eigenvalue weighted by Gasteiger charge is 2.80. The summed E-state index contributed by atoms with van der Waals surface area (Å²) < 4.78 is 12.3. The first kappa shape index (κ1) is 21.7. The molecule has 4 saturated heterocycles. The molecule has 7 heteroatoms. The molecule has 1 unspecified atom stereocenters. The van der Waals surface area contributed by atoms with Crippen LogP contribution in [0.25, 0.3) is 0 Å². The monoisotopic (exact) mass is 477 g/mol. The molecule has 2 amide bonds. The summed E-state index contributed by atoms with van der Waals surface area (Å²) in [5.41, 5.74) is -0.714. The molecule has 6 heterocycles. The summed E-state index contributed by atoms with van der Waals surface area (Å²) in [4.78, 5) is 32.6. The van der Waals surface area contributed by atoms with E-state index in [1.54, 1.807) is 6.26 Å². The largest absolute Gasteiger partial charge is 0.480 e. The van der Waals surface area contributed by atoms with Crippen molar-refractivity contribution in [1.82, 2.24) is 9.80 Å². The van der Waals surface area contributed by atoms with E-state index >= 15 is 0 Å². The first-order valence-electron chi connectivity index (χ1n) is 13.0. The van der Waals surface area contributed by atoms with Crippen LogP contribution in [0.1, 0.15) is 59.4 Å². The van der Waals surface area contributed by atoms with Crippen molar-refractivity contribution in [1.29, 1.82) is 0 Å². The van der Waals surface area contributed by atoms with Gasteiger partial charge in [-0.15, -0.1) is 0 Å². The summed E-state index contributed by atoms with van der Waals surface area (Å²) in [7, 11) is 1.99. The van der Waals surface area contributed by atoms with Gasteiger partial charge in [0.2, 0.25) is 11.8 Å². The summed E-state index contributed by atoms with van der Waals surface area (Å²) in [6.07, 6.45) is 6.05. The third-order valence-electron chi connectivity index (χ3n) is 11.0. The highest BCUT2D eigenvalue weighted by Crippen LogP contribution is 2.72. The van der Waals surface area contributed by atoms with Crippen LogP contribution in [0.2, 0.25) is 0 Å². The normalized spacial score (nSPS) is 41.6. The van der Waals surface area contributed by atoms with Crippen LogP contribution in [0.4, 0.5) is 5.69 Å². The number of nitrogens with one attached hydrogen (secondary N) is 1. The molecular formula is C28H35N3O4. The van der Waals surface area contributed by atoms with Crippen molar-refractivity contribution in [3.05, 3.63) is 30.0 Å². The minimum Gasteiger partial charge on any atom is -0.480 e. The molecule has 0 aromatic heterocycles. The lowest BCUT2D eigenvalue weighted by Gasteiger charge is -2.65. The van der Waals surface area contributed by atoms with Crippen molar-refractivity contribution < 1.29 is 19.1 Å². The Kier molecular flexibility index (Phi) is 3.75. The number of hydrogen-bond donors (Lipinski definition) is 1. The van der Waals surface area contributed by atoms with E-state index in [4.69, 9.17) is 9.47 Å². The molecule has 6 aliphatic heterocycles. The molecule has 1 aromatic rings. The van der Waals surface area contributed by atoms with Gasteiger partial charge in [0.05, 0.1) is 22.9 Å². The Morgan fingerprint density at radius 3 is 2.69 bits per heavy atom. The fourth-order valence-corrected chi connectivity index (χ4v) is 9.05. The molecule has 1 aromatic carbocycles. The number of benzene rings is 1. The van der Waals surface area contributed by atoms with Gasteiger partial charge in [0, 0.05) is 13.6 Å². The Bertz CT molecular complexity index is 1240. The van der Waals surface area contributed by atoms with E-state index in [-0.39, 0.29) is 28.7 Å². The summed E-state index contributed by atoms with van der Waals surface area (Å²) in [6.45, 7) is 12.5. The van der Waals surface area contributed by atoms with Crippen molar-refractivity contribution >= 4 is 17.5 Å². The first-order valence-corrected chi connectivity index (χ1v) is 13.0. The maximum absolute atomic E-state index is 14.1. The minimum absolute atomic E-state index is 0.0146. The van der Waals surface area contributed by atoms with Gasteiger partial charge in [-0.2, -0.15) is 0 Å². The second-order valence-corrected chi connectivity index (χ2v) is 13.0. The Morgan fingerprint density at radius 1 is 1.14 bits per heavy atom. The van der Waals surface area contributed by atoms with Crippen LogP contribution >= 0.6 is 0 Å². The minimum atomic E-state index is -0.750. The summed E-state index contributed by atoms with van der Waals surface area (Å²) >= 11 is 0. The molecule has 2 bridgehead atoms. The standard InChI is InChI=1S/C28H35N3O4/c1-16-9-11-31-15-26-14-27(25(4,5)19(26)13-28(16,31)23(33)30(26)6)17-7-8-18-21(20(17)29-22(27)32)34-12-10-24(2,3)35-18/h7-8,10,12,16,19H,9,11,13-15H2,1-6H3,(H,29,32)/t16-,19?,26+,27+,28+/m0/s1. The maximum Gasteiger partial charge on any atom is 0.243 e. The van der Waals surface area contributed by atoms with Crippen molar-refractivity contribution in [3.63, 3.8) is 0 Å². The van der Waals surface area contributed by atoms with Crippen molar-refractivity contribution in [2.24, 2.45) is 17.3 Å². The Morgan fingerprint density at radius 2 is 1.91 bits per heavy atom. The van der Waals surface area contributed by atoms with Gasteiger partial charge in [-0.1, -0.05) is 26.8 Å². The second kappa shape index (κ2) is 6.05. The number of anilines is 1. The molecule has 3 spiro atoms. The third kappa shape index (κ3) is 2.16. The van der Waals surface area contributed by atoms with Crippen LogP contribution < -0.4 is 14.8 Å². The van der Waals surface area contributed by atoms with E-state index in [1.807, 2.05) is 33.0 Å². The van der Waals surface area contributed by atoms with Crippen molar-refractivity contribution in [3.8, 4) is 11.5 Å². The average molecular weight is 478 g/mol. The lowest BCUT2D eigenvalue weighted by molar-refractivity contribution is -0.189. The molecule has 35 heavy (non-hydrogen) atoms.